The predicted octanol–water partition coefficient (Wildman–Crippen LogP) is -0.0825. The molecular weight excluding hydrogens is 1920 g/mol. The fourth-order valence-corrected chi connectivity index (χ4v) is 0. The van der Waals surface area contributed by atoms with Crippen LogP contribution in [0.1, 0.15) is 0 Å². The fourth-order valence-electron chi connectivity index (χ4n) is 0. The van der Waals surface area contributed by atoms with Crippen LogP contribution in [-0.2, 0) is 612 Å². The fraction of sp³-hybridized carbons (Fsp3) is 0. The van der Waals surface area contributed by atoms with Crippen molar-refractivity contribution in [2.45, 2.75) is 0 Å². The van der Waals surface area contributed by atoms with E-state index < -0.39 is 0 Å². The third kappa shape index (κ3) is 333. The molecule has 0 N–H and O–H groups in total. The summed E-state index contributed by atoms with van der Waals surface area (Å²) in [6.07, 6.45) is 0. The molecule has 0 aliphatic rings. The normalized spacial score (nSPS) is 0. The molecule has 0 aromatic carbocycles. The van der Waals surface area contributed by atoms with Gasteiger partial charge >= 0.3 is 0 Å². The Morgan fingerprint density at radius 2 is 0.0588 bits per heavy atom. The van der Waals surface area contributed by atoms with Crippen molar-refractivity contribution < 1.29 is 643 Å². The Morgan fingerprint density at radius 3 is 0.0588 bits per heavy atom. The average Bonchev–Trinajstić information content (AvgIpc) is 0. The zero-order valence-electron chi connectivity index (χ0n) is 15.3. The van der Waals surface area contributed by atoms with Gasteiger partial charge in [0.2, 0.25) is 0 Å². The largest absolute Gasteiger partial charge is 0 e. The standard InChI is InChI=1S/U.33V. The molecule has 0 amide bonds. The molecule has 169 valence electrons. The van der Waals surface area contributed by atoms with Crippen molar-refractivity contribution in [3.05, 3.63) is 0 Å². The van der Waals surface area contributed by atoms with Crippen LogP contribution in [0.25, 0.3) is 0 Å². The van der Waals surface area contributed by atoms with Crippen molar-refractivity contribution in [1.29, 1.82) is 0 Å². The van der Waals surface area contributed by atoms with Crippen LogP contribution in [0, 0.1) is 31.1 Å². The summed E-state index contributed by atoms with van der Waals surface area (Å²) in [7, 11) is 0. The van der Waals surface area contributed by atoms with Gasteiger partial charge in [-0.2, -0.15) is 0 Å². The van der Waals surface area contributed by atoms with Gasteiger partial charge in [0.1, 0.15) is 0 Å². The van der Waals surface area contributed by atoms with Gasteiger partial charge in [-0.1, -0.05) is 0 Å². The molecular formula is UV33. The molecule has 34 heavy (non-hydrogen) atoms. The second-order valence-corrected chi connectivity index (χ2v) is 0. The molecule has 0 rings (SSSR count). The second kappa shape index (κ2) is 353. The van der Waals surface area contributed by atoms with Crippen molar-refractivity contribution in [3.63, 3.8) is 0 Å². The van der Waals surface area contributed by atoms with Crippen LogP contribution in [0.3, 0.4) is 0 Å². The minimum absolute atomic E-state index is 0. The Kier molecular flexibility index (Phi) is 3880. The van der Waals surface area contributed by atoms with Crippen molar-refractivity contribution in [2.75, 3.05) is 0 Å². The minimum atomic E-state index is 0. The maximum atomic E-state index is 0. The summed E-state index contributed by atoms with van der Waals surface area (Å²) in [6.45, 7) is 0. The molecule has 0 saturated carbocycles. The van der Waals surface area contributed by atoms with E-state index in [1.807, 2.05) is 0 Å². The van der Waals surface area contributed by atoms with E-state index >= 15 is 0 Å². The van der Waals surface area contributed by atoms with E-state index in [0.717, 1.165) is 0 Å². The molecule has 33 radical (unpaired) electrons. The zero-order chi connectivity index (χ0) is 0. The average molecular weight is 1920 g/mol. The van der Waals surface area contributed by atoms with Gasteiger partial charge in [-0.25, -0.2) is 0 Å². The van der Waals surface area contributed by atoms with Crippen LogP contribution in [0.2, 0.25) is 0 Å². The number of hydrogen-bond donors (Lipinski definition) is 0. The molecule has 0 nitrogen and oxygen atoms in total. The van der Waals surface area contributed by atoms with E-state index in [1.54, 1.807) is 0 Å². The second-order valence-electron chi connectivity index (χ2n) is 0. The quantitative estimate of drug-likeness (QED) is 0.319. The molecule has 0 aromatic rings. The van der Waals surface area contributed by atoms with Crippen LogP contribution < -0.4 is 0 Å². The van der Waals surface area contributed by atoms with Gasteiger partial charge < -0.3 is 0 Å². The first kappa shape index (κ1) is 374. The Bertz CT molecular complexity index is 6.51. The van der Waals surface area contributed by atoms with E-state index in [2.05, 4.69) is 0 Å². The molecule has 0 atom stereocenters. The molecule has 0 unspecified atom stereocenters. The first-order valence-electron chi connectivity index (χ1n) is 0. The van der Waals surface area contributed by atoms with Crippen molar-refractivity contribution >= 4 is 0 Å². The molecule has 0 fully saturated rings. The SMILES string of the molecule is [U].[V].[V].[V].[V].[V].[V].[V].[V].[V].[V].[V].[V].[V].[V].[V].[V].[V].[V].[V].[V].[V].[V].[V].[V].[V].[V].[V].[V].[V].[V].[V].[V].[V]. The van der Waals surface area contributed by atoms with Crippen LogP contribution in [0.15, 0.2) is 0 Å². The summed E-state index contributed by atoms with van der Waals surface area (Å²) in [6, 6.07) is 0. The predicted molar refractivity (Wildman–Crippen MR) is 0 cm³/mol. The zero-order valence-corrected chi connectivity index (χ0v) is 65.5. The molecule has 0 heterocycles. The molecule has 0 aliphatic heterocycles. The van der Waals surface area contributed by atoms with Gasteiger partial charge in [0.15, 0.2) is 0 Å². The van der Waals surface area contributed by atoms with Crippen LogP contribution in [-0.4, -0.2) is 0 Å². The molecule has 34 heteroatoms. The summed E-state index contributed by atoms with van der Waals surface area (Å²) in [5, 5.41) is 0. The molecule has 0 bridgehead atoms. The molecule has 0 aromatic heterocycles. The maximum absolute atomic E-state index is 0. The van der Waals surface area contributed by atoms with Crippen molar-refractivity contribution in [2.24, 2.45) is 0 Å². The maximum Gasteiger partial charge on any atom is 0 e. The van der Waals surface area contributed by atoms with Crippen LogP contribution >= 0.6 is 0 Å². The first-order chi connectivity index (χ1) is 0. The summed E-state index contributed by atoms with van der Waals surface area (Å²) in [4.78, 5) is 0. The summed E-state index contributed by atoms with van der Waals surface area (Å²) < 4.78 is 0. The Labute approximate surface area is 626 Å². The van der Waals surface area contributed by atoms with Crippen LogP contribution in [0.5, 0.6) is 0 Å². The van der Waals surface area contributed by atoms with Gasteiger partial charge in [-0.15, -0.1) is 0 Å². The van der Waals surface area contributed by atoms with E-state index in [-0.39, 0.29) is 643 Å². The molecule has 0 spiro atoms. The number of rotatable bonds is 0. The number of hydrogen-bond acceptors (Lipinski definition) is 0. The third-order valence-electron chi connectivity index (χ3n) is 0. The van der Waals surface area contributed by atoms with Crippen molar-refractivity contribution in [3.8, 4) is 0 Å². The Balaban J connectivity index is 0. The van der Waals surface area contributed by atoms with E-state index in [0.29, 0.717) is 0 Å². The van der Waals surface area contributed by atoms with E-state index in [4.69, 9.17) is 0 Å². The Morgan fingerprint density at radius 1 is 0.0588 bits per heavy atom. The third-order valence-corrected chi connectivity index (χ3v) is 0. The summed E-state index contributed by atoms with van der Waals surface area (Å²) >= 11 is 0. The van der Waals surface area contributed by atoms with E-state index in [9.17, 15) is 0 Å². The van der Waals surface area contributed by atoms with Crippen molar-refractivity contribution in [1.82, 2.24) is 0 Å². The van der Waals surface area contributed by atoms with Gasteiger partial charge in [0.05, 0.1) is 0 Å². The van der Waals surface area contributed by atoms with Gasteiger partial charge in [0.25, 0.3) is 0 Å². The summed E-state index contributed by atoms with van der Waals surface area (Å²) in [5.41, 5.74) is 0. The van der Waals surface area contributed by atoms with Gasteiger partial charge in [-0.3, -0.25) is 0 Å². The smallest absolute Gasteiger partial charge is 0 e. The van der Waals surface area contributed by atoms with Gasteiger partial charge in [-0.05, 0) is 0 Å². The molecule has 0 aliphatic carbocycles. The van der Waals surface area contributed by atoms with E-state index in [1.165, 1.54) is 0 Å². The first-order valence-corrected chi connectivity index (χ1v) is 0. The van der Waals surface area contributed by atoms with Gasteiger partial charge in [0, 0.05) is 643 Å². The summed E-state index contributed by atoms with van der Waals surface area (Å²) in [5.74, 6) is 0. The topological polar surface area (TPSA) is 0 Å². The minimum Gasteiger partial charge on any atom is 0 e. The van der Waals surface area contributed by atoms with Crippen LogP contribution in [0.4, 0.5) is 0 Å². The monoisotopic (exact) mass is 1920 g/mol. The Hall–Kier alpha value is 20.3. The molecule has 0 saturated heterocycles.